The number of hydrogen-bond donors (Lipinski definition) is 1. The molecular formula is C11H10BrFO3. The van der Waals surface area contributed by atoms with E-state index in [1.165, 1.54) is 13.2 Å². The molecule has 3 nitrogen and oxygen atoms in total. The summed E-state index contributed by atoms with van der Waals surface area (Å²) in [5, 5.41) is 9.14. The van der Waals surface area contributed by atoms with Crippen molar-refractivity contribution in [3.8, 4) is 5.75 Å². The lowest BCUT2D eigenvalue weighted by molar-refractivity contribution is -0.140. The fourth-order valence-electron chi connectivity index (χ4n) is 1.87. The predicted molar refractivity (Wildman–Crippen MR) is 59.2 cm³/mol. The molecule has 0 amide bonds. The molecule has 0 radical (unpaired) electrons. The maximum absolute atomic E-state index is 13.8. The van der Waals surface area contributed by atoms with Crippen LogP contribution >= 0.6 is 15.9 Å². The van der Waals surface area contributed by atoms with Crippen LogP contribution in [0.1, 0.15) is 18.4 Å². The Labute approximate surface area is 100 Å². The highest BCUT2D eigenvalue weighted by Crippen LogP contribution is 2.52. The van der Waals surface area contributed by atoms with Crippen LogP contribution in [0.15, 0.2) is 16.6 Å². The Balaban J connectivity index is 2.60. The Morgan fingerprint density at radius 2 is 2.19 bits per heavy atom. The Morgan fingerprint density at radius 3 is 2.62 bits per heavy atom. The van der Waals surface area contributed by atoms with E-state index in [-0.39, 0.29) is 11.3 Å². The van der Waals surface area contributed by atoms with Crippen LogP contribution in [0.2, 0.25) is 0 Å². The monoisotopic (exact) mass is 288 g/mol. The van der Waals surface area contributed by atoms with Gasteiger partial charge in [-0.3, -0.25) is 4.79 Å². The average Bonchev–Trinajstić information content (AvgIpc) is 2.97. The summed E-state index contributed by atoms with van der Waals surface area (Å²) in [7, 11) is 1.41. The Morgan fingerprint density at radius 1 is 1.56 bits per heavy atom. The summed E-state index contributed by atoms with van der Waals surface area (Å²) in [6.07, 6.45) is 0.911. The highest BCUT2D eigenvalue weighted by molar-refractivity contribution is 9.10. The van der Waals surface area contributed by atoms with Gasteiger partial charge in [0.05, 0.1) is 12.5 Å². The fourth-order valence-corrected chi connectivity index (χ4v) is 2.28. The van der Waals surface area contributed by atoms with E-state index < -0.39 is 17.2 Å². The first kappa shape index (κ1) is 11.4. The minimum atomic E-state index is -1.09. The molecule has 0 aromatic heterocycles. The van der Waals surface area contributed by atoms with Gasteiger partial charge in [-0.05, 0) is 25.0 Å². The van der Waals surface area contributed by atoms with Gasteiger partial charge >= 0.3 is 5.97 Å². The van der Waals surface area contributed by atoms with Crippen molar-refractivity contribution >= 4 is 21.9 Å². The lowest BCUT2D eigenvalue weighted by Crippen LogP contribution is -2.22. The normalized spacial score (nSPS) is 16.9. The molecule has 1 N–H and O–H groups in total. The van der Waals surface area contributed by atoms with Crippen LogP contribution in [0.5, 0.6) is 5.75 Å². The number of benzene rings is 1. The molecule has 1 fully saturated rings. The molecule has 0 aliphatic heterocycles. The van der Waals surface area contributed by atoms with Gasteiger partial charge in [-0.1, -0.05) is 15.9 Å². The van der Waals surface area contributed by atoms with Gasteiger partial charge < -0.3 is 9.84 Å². The summed E-state index contributed by atoms with van der Waals surface area (Å²) in [4.78, 5) is 11.2. The third kappa shape index (κ3) is 1.59. The number of rotatable bonds is 3. The van der Waals surface area contributed by atoms with Crippen molar-refractivity contribution < 1.29 is 19.0 Å². The van der Waals surface area contributed by atoms with E-state index in [0.29, 0.717) is 17.3 Å². The zero-order valence-corrected chi connectivity index (χ0v) is 10.2. The molecule has 1 aromatic rings. The molecule has 0 bridgehead atoms. The van der Waals surface area contributed by atoms with E-state index in [1.54, 1.807) is 6.07 Å². The van der Waals surface area contributed by atoms with Gasteiger partial charge in [-0.25, -0.2) is 4.39 Å². The van der Waals surface area contributed by atoms with Crippen LogP contribution in [0, 0.1) is 5.82 Å². The van der Waals surface area contributed by atoms with Crippen molar-refractivity contribution in [1.29, 1.82) is 0 Å². The Bertz CT molecular complexity index is 455. The second-order valence-corrected chi connectivity index (χ2v) is 4.77. The molecule has 0 atom stereocenters. The van der Waals surface area contributed by atoms with Gasteiger partial charge in [-0.2, -0.15) is 0 Å². The lowest BCUT2D eigenvalue weighted by atomic mass is 9.94. The van der Waals surface area contributed by atoms with E-state index in [4.69, 9.17) is 9.84 Å². The number of halogens is 2. The van der Waals surface area contributed by atoms with Crippen LogP contribution in [0.25, 0.3) is 0 Å². The SMILES string of the molecule is COc1cc(Br)cc(F)c1C1(C(=O)O)CC1. The van der Waals surface area contributed by atoms with Gasteiger partial charge in [0.1, 0.15) is 11.6 Å². The Kier molecular flexibility index (Phi) is 2.66. The van der Waals surface area contributed by atoms with E-state index in [0.717, 1.165) is 0 Å². The van der Waals surface area contributed by atoms with Crippen molar-refractivity contribution in [2.45, 2.75) is 18.3 Å². The first-order valence-corrected chi connectivity index (χ1v) is 5.57. The largest absolute Gasteiger partial charge is 0.496 e. The minimum absolute atomic E-state index is 0.158. The highest BCUT2D eigenvalue weighted by Gasteiger charge is 2.55. The first-order valence-electron chi connectivity index (χ1n) is 4.78. The minimum Gasteiger partial charge on any atom is -0.496 e. The van der Waals surface area contributed by atoms with Gasteiger partial charge in [0.25, 0.3) is 0 Å². The molecule has 0 spiro atoms. The molecule has 0 unspecified atom stereocenters. The van der Waals surface area contributed by atoms with Crippen LogP contribution < -0.4 is 4.74 Å². The zero-order valence-electron chi connectivity index (χ0n) is 8.59. The number of carbonyl (C=O) groups is 1. The lowest BCUT2D eigenvalue weighted by Gasteiger charge is -2.16. The van der Waals surface area contributed by atoms with Gasteiger partial charge in [0, 0.05) is 10.0 Å². The number of ether oxygens (including phenoxy) is 1. The summed E-state index contributed by atoms with van der Waals surface area (Å²) in [6, 6.07) is 2.85. The smallest absolute Gasteiger partial charge is 0.314 e. The Hall–Kier alpha value is -1.10. The molecule has 2 rings (SSSR count). The molecule has 5 heteroatoms. The van der Waals surface area contributed by atoms with Gasteiger partial charge in [0.2, 0.25) is 0 Å². The fraction of sp³-hybridized carbons (Fsp3) is 0.364. The van der Waals surface area contributed by atoms with Crippen molar-refractivity contribution in [3.05, 3.63) is 28.0 Å². The van der Waals surface area contributed by atoms with E-state index in [2.05, 4.69) is 15.9 Å². The molecule has 1 aliphatic carbocycles. The highest BCUT2D eigenvalue weighted by atomic mass is 79.9. The molecule has 86 valence electrons. The van der Waals surface area contributed by atoms with Crippen LogP contribution in [-0.2, 0) is 10.2 Å². The van der Waals surface area contributed by atoms with Crippen LogP contribution in [0.4, 0.5) is 4.39 Å². The standard InChI is InChI=1S/C11H10BrFO3/c1-16-8-5-6(12)4-7(13)9(8)11(2-3-11)10(14)15/h4-5H,2-3H2,1H3,(H,14,15). The molecular weight excluding hydrogens is 279 g/mol. The van der Waals surface area contributed by atoms with Crippen molar-refractivity contribution in [2.24, 2.45) is 0 Å². The summed E-state index contributed by atoms with van der Waals surface area (Å²) in [6.45, 7) is 0. The van der Waals surface area contributed by atoms with Gasteiger partial charge in [0.15, 0.2) is 0 Å². The second kappa shape index (κ2) is 3.73. The van der Waals surface area contributed by atoms with Gasteiger partial charge in [-0.15, -0.1) is 0 Å². The predicted octanol–water partition coefficient (Wildman–Crippen LogP) is 2.71. The third-order valence-electron chi connectivity index (χ3n) is 2.88. The average molecular weight is 289 g/mol. The molecule has 1 saturated carbocycles. The number of methoxy groups -OCH3 is 1. The number of carboxylic acid groups (broad SMARTS) is 1. The molecule has 0 saturated heterocycles. The van der Waals surface area contributed by atoms with E-state index >= 15 is 0 Å². The number of aliphatic carboxylic acids is 1. The summed E-state index contributed by atoms with van der Waals surface area (Å²) < 4.78 is 19.4. The summed E-state index contributed by atoms with van der Waals surface area (Å²) in [5.41, 5.74) is -0.929. The number of hydrogen-bond acceptors (Lipinski definition) is 2. The van der Waals surface area contributed by atoms with Crippen molar-refractivity contribution in [2.75, 3.05) is 7.11 Å². The second-order valence-electron chi connectivity index (χ2n) is 3.85. The van der Waals surface area contributed by atoms with E-state index in [1.807, 2.05) is 0 Å². The van der Waals surface area contributed by atoms with Crippen molar-refractivity contribution in [3.63, 3.8) is 0 Å². The first-order chi connectivity index (χ1) is 7.51. The van der Waals surface area contributed by atoms with Crippen LogP contribution in [-0.4, -0.2) is 18.2 Å². The topological polar surface area (TPSA) is 46.5 Å². The maximum Gasteiger partial charge on any atom is 0.314 e. The summed E-state index contributed by atoms with van der Waals surface area (Å²) >= 11 is 3.14. The molecule has 16 heavy (non-hydrogen) atoms. The zero-order chi connectivity index (χ0) is 11.9. The van der Waals surface area contributed by atoms with Crippen molar-refractivity contribution in [1.82, 2.24) is 0 Å². The molecule has 0 heterocycles. The molecule has 1 aromatic carbocycles. The quantitative estimate of drug-likeness (QED) is 0.930. The van der Waals surface area contributed by atoms with E-state index in [9.17, 15) is 9.18 Å². The third-order valence-corrected chi connectivity index (χ3v) is 3.33. The number of carboxylic acids is 1. The maximum atomic E-state index is 13.8. The van der Waals surface area contributed by atoms with Crippen LogP contribution in [0.3, 0.4) is 0 Å². The summed E-state index contributed by atoms with van der Waals surface area (Å²) in [5.74, 6) is -1.25. The molecule has 1 aliphatic rings.